The lowest BCUT2D eigenvalue weighted by molar-refractivity contribution is 0.183. The van der Waals surface area contributed by atoms with Crippen LogP contribution in [-0.2, 0) is 0 Å². The number of nitrogens with one attached hydrogen (secondary N) is 1. The van der Waals surface area contributed by atoms with Crippen molar-refractivity contribution in [2.45, 2.75) is 58.3 Å². The second-order valence-electron chi connectivity index (χ2n) is 6.40. The van der Waals surface area contributed by atoms with Crippen LogP contribution in [0.15, 0.2) is 0 Å². The summed E-state index contributed by atoms with van der Waals surface area (Å²) in [7, 11) is 0. The standard InChI is InChI=1S/C16H32N2/c1-2-18(14-16-9-6-10-16)12-11-17-13-15-7-4-3-5-8-15/h15-17H,2-14H2,1H3. The molecule has 0 radical (unpaired) electrons. The van der Waals surface area contributed by atoms with E-state index in [1.54, 1.807) is 0 Å². The van der Waals surface area contributed by atoms with Crippen molar-refractivity contribution in [1.29, 1.82) is 0 Å². The Kier molecular flexibility index (Phi) is 6.50. The van der Waals surface area contributed by atoms with E-state index in [0.717, 1.165) is 11.8 Å². The van der Waals surface area contributed by atoms with Gasteiger partial charge in [0.1, 0.15) is 0 Å². The van der Waals surface area contributed by atoms with E-state index in [-0.39, 0.29) is 0 Å². The topological polar surface area (TPSA) is 15.3 Å². The van der Waals surface area contributed by atoms with Gasteiger partial charge in [-0.05, 0) is 50.6 Å². The molecule has 2 saturated carbocycles. The minimum absolute atomic E-state index is 0.973. The zero-order valence-electron chi connectivity index (χ0n) is 12.3. The lowest BCUT2D eigenvalue weighted by Gasteiger charge is -2.32. The fraction of sp³-hybridized carbons (Fsp3) is 1.00. The zero-order valence-corrected chi connectivity index (χ0v) is 12.3. The number of hydrogen-bond donors (Lipinski definition) is 1. The first-order chi connectivity index (χ1) is 8.88. The highest BCUT2D eigenvalue weighted by atomic mass is 15.1. The second kappa shape index (κ2) is 8.16. The Morgan fingerprint density at radius 1 is 0.944 bits per heavy atom. The maximum Gasteiger partial charge on any atom is 0.0107 e. The number of nitrogens with zero attached hydrogens (tertiary/aromatic N) is 1. The molecule has 0 atom stereocenters. The summed E-state index contributed by atoms with van der Waals surface area (Å²) in [6, 6.07) is 0. The van der Waals surface area contributed by atoms with Gasteiger partial charge in [-0.2, -0.15) is 0 Å². The van der Waals surface area contributed by atoms with E-state index >= 15 is 0 Å². The summed E-state index contributed by atoms with van der Waals surface area (Å²) < 4.78 is 0. The van der Waals surface area contributed by atoms with Crippen LogP contribution in [0.25, 0.3) is 0 Å². The first-order valence-corrected chi connectivity index (χ1v) is 8.31. The Hall–Kier alpha value is -0.0800. The van der Waals surface area contributed by atoms with Gasteiger partial charge in [0.25, 0.3) is 0 Å². The summed E-state index contributed by atoms with van der Waals surface area (Å²) >= 11 is 0. The average Bonchev–Trinajstić information content (AvgIpc) is 2.37. The summed E-state index contributed by atoms with van der Waals surface area (Å²) in [5, 5.41) is 3.69. The number of likely N-dealkylation sites (N-methyl/N-ethyl adjacent to an activating group) is 1. The summed E-state index contributed by atoms with van der Waals surface area (Å²) in [6.07, 6.45) is 11.8. The van der Waals surface area contributed by atoms with Crippen LogP contribution >= 0.6 is 0 Å². The van der Waals surface area contributed by atoms with Crippen molar-refractivity contribution in [1.82, 2.24) is 10.2 Å². The van der Waals surface area contributed by atoms with Gasteiger partial charge in [-0.1, -0.05) is 32.6 Å². The van der Waals surface area contributed by atoms with Crippen molar-refractivity contribution >= 4 is 0 Å². The molecule has 0 aliphatic heterocycles. The predicted octanol–water partition coefficient (Wildman–Crippen LogP) is 3.28. The van der Waals surface area contributed by atoms with Crippen molar-refractivity contribution in [3.8, 4) is 0 Å². The Balaban J connectivity index is 1.49. The van der Waals surface area contributed by atoms with Gasteiger partial charge in [-0.3, -0.25) is 0 Å². The van der Waals surface area contributed by atoms with E-state index in [0.29, 0.717) is 0 Å². The molecule has 2 fully saturated rings. The molecule has 0 bridgehead atoms. The quantitative estimate of drug-likeness (QED) is 0.667. The van der Waals surface area contributed by atoms with Crippen molar-refractivity contribution in [3.05, 3.63) is 0 Å². The largest absolute Gasteiger partial charge is 0.315 e. The minimum atomic E-state index is 0.973. The third-order valence-corrected chi connectivity index (χ3v) is 4.95. The molecule has 18 heavy (non-hydrogen) atoms. The molecule has 0 saturated heterocycles. The van der Waals surface area contributed by atoms with Gasteiger partial charge < -0.3 is 10.2 Å². The Bertz CT molecular complexity index is 207. The maximum absolute atomic E-state index is 3.69. The molecule has 2 heteroatoms. The third-order valence-electron chi connectivity index (χ3n) is 4.95. The van der Waals surface area contributed by atoms with E-state index in [1.807, 2.05) is 0 Å². The van der Waals surface area contributed by atoms with Gasteiger partial charge in [0.05, 0.1) is 0 Å². The third kappa shape index (κ3) is 4.89. The summed E-state index contributed by atoms with van der Waals surface area (Å²) in [5.74, 6) is 1.99. The van der Waals surface area contributed by atoms with Gasteiger partial charge >= 0.3 is 0 Å². The van der Waals surface area contributed by atoms with Gasteiger partial charge in [-0.15, -0.1) is 0 Å². The van der Waals surface area contributed by atoms with Crippen LogP contribution < -0.4 is 5.32 Å². The van der Waals surface area contributed by atoms with E-state index in [2.05, 4.69) is 17.1 Å². The molecular weight excluding hydrogens is 220 g/mol. The molecule has 0 aromatic rings. The maximum atomic E-state index is 3.69. The first-order valence-electron chi connectivity index (χ1n) is 8.31. The van der Waals surface area contributed by atoms with Crippen LogP contribution in [-0.4, -0.2) is 37.6 Å². The monoisotopic (exact) mass is 252 g/mol. The smallest absolute Gasteiger partial charge is 0.0107 e. The van der Waals surface area contributed by atoms with Crippen LogP contribution in [0.2, 0.25) is 0 Å². The Labute approximate surface area is 114 Å². The van der Waals surface area contributed by atoms with Gasteiger partial charge in [-0.25, -0.2) is 0 Å². The zero-order chi connectivity index (χ0) is 12.6. The van der Waals surface area contributed by atoms with Crippen LogP contribution in [0.3, 0.4) is 0 Å². The summed E-state index contributed by atoms with van der Waals surface area (Å²) in [6.45, 7) is 8.58. The molecule has 0 unspecified atom stereocenters. The van der Waals surface area contributed by atoms with Gasteiger partial charge in [0.15, 0.2) is 0 Å². The Morgan fingerprint density at radius 2 is 1.67 bits per heavy atom. The molecule has 0 aromatic carbocycles. The van der Waals surface area contributed by atoms with Crippen molar-refractivity contribution < 1.29 is 0 Å². The molecule has 106 valence electrons. The number of hydrogen-bond acceptors (Lipinski definition) is 2. The van der Waals surface area contributed by atoms with Gasteiger partial charge in [0.2, 0.25) is 0 Å². The summed E-state index contributed by atoms with van der Waals surface area (Å²) in [5.41, 5.74) is 0. The SMILES string of the molecule is CCN(CCNCC1CCCCC1)CC1CCC1. The second-order valence-corrected chi connectivity index (χ2v) is 6.40. The minimum Gasteiger partial charge on any atom is -0.315 e. The van der Waals surface area contributed by atoms with Crippen molar-refractivity contribution in [2.24, 2.45) is 11.8 Å². The van der Waals surface area contributed by atoms with Crippen molar-refractivity contribution in [2.75, 3.05) is 32.7 Å². The van der Waals surface area contributed by atoms with Crippen LogP contribution in [0.4, 0.5) is 0 Å². The average molecular weight is 252 g/mol. The Morgan fingerprint density at radius 3 is 2.28 bits per heavy atom. The van der Waals surface area contributed by atoms with E-state index < -0.39 is 0 Å². The molecule has 0 aromatic heterocycles. The normalized spacial score (nSPS) is 22.3. The highest BCUT2D eigenvalue weighted by Crippen LogP contribution is 2.26. The lowest BCUT2D eigenvalue weighted by atomic mass is 9.85. The highest BCUT2D eigenvalue weighted by Gasteiger charge is 2.19. The van der Waals surface area contributed by atoms with Crippen LogP contribution in [0.1, 0.15) is 58.3 Å². The fourth-order valence-corrected chi connectivity index (χ4v) is 3.35. The van der Waals surface area contributed by atoms with Gasteiger partial charge in [0, 0.05) is 19.6 Å². The lowest BCUT2D eigenvalue weighted by Crippen LogP contribution is -2.38. The van der Waals surface area contributed by atoms with Crippen molar-refractivity contribution in [3.63, 3.8) is 0 Å². The molecule has 0 spiro atoms. The molecule has 2 nitrogen and oxygen atoms in total. The number of rotatable bonds is 8. The summed E-state index contributed by atoms with van der Waals surface area (Å²) in [4.78, 5) is 2.64. The first kappa shape index (κ1) is 14.3. The van der Waals surface area contributed by atoms with E-state index in [9.17, 15) is 0 Å². The van der Waals surface area contributed by atoms with E-state index in [4.69, 9.17) is 0 Å². The molecule has 2 aliphatic rings. The molecule has 1 N–H and O–H groups in total. The van der Waals surface area contributed by atoms with Crippen LogP contribution in [0, 0.1) is 11.8 Å². The molecule has 0 amide bonds. The highest BCUT2D eigenvalue weighted by molar-refractivity contribution is 4.74. The predicted molar refractivity (Wildman–Crippen MR) is 78.9 cm³/mol. The van der Waals surface area contributed by atoms with E-state index in [1.165, 1.54) is 84.1 Å². The molecule has 0 heterocycles. The van der Waals surface area contributed by atoms with Crippen LogP contribution in [0.5, 0.6) is 0 Å². The molecule has 2 aliphatic carbocycles. The fourth-order valence-electron chi connectivity index (χ4n) is 3.35. The molecule has 2 rings (SSSR count). The molecular formula is C16H32N2.